The second-order valence-corrected chi connectivity index (χ2v) is 6.94. The van der Waals surface area contributed by atoms with Crippen LogP contribution in [0.3, 0.4) is 0 Å². The van der Waals surface area contributed by atoms with Crippen molar-refractivity contribution in [2.45, 2.75) is 25.8 Å². The minimum Gasteiger partial charge on any atom is -0.496 e. The highest BCUT2D eigenvalue weighted by molar-refractivity contribution is 7.10. The zero-order valence-corrected chi connectivity index (χ0v) is 15.3. The summed E-state index contributed by atoms with van der Waals surface area (Å²) in [5, 5.41) is 4.81. The Bertz CT molecular complexity index is 772. The quantitative estimate of drug-likeness (QED) is 0.894. The molecule has 1 aliphatic rings. The summed E-state index contributed by atoms with van der Waals surface area (Å²) in [7, 11) is 1.52. The smallest absolute Gasteiger partial charge is 0.255 e. The predicted molar refractivity (Wildman–Crippen MR) is 98.1 cm³/mol. The number of hydrogen-bond acceptors (Lipinski definition) is 4. The molecular formula is C19H22N2O3S. The van der Waals surface area contributed by atoms with Crippen LogP contribution in [0.1, 0.15) is 40.2 Å². The summed E-state index contributed by atoms with van der Waals surface area (Å²) in [6.45, 7) is 2.79. The minimum atomic E-state index is -0.299. The van der Waals surface area contributed by atoms with Gasteiger partial charge in [-0.3, -0.25) is 9.59 Å². The van der Waals surface area contributed by atoms with Crippen molar-refractivity contribution in [2.24, 2.45) is 0 Å². The standard InChI is InChI=1S/C19H22N2O3S/c1-3-15-13-9-11-25-17(13)8-10-21(15)18(22)12-20-19(23)14-6-4-5-7-16(14)24-2/h4-7,9,11,15H,3,8,10,12H2,1-2H3,(H,20,23)/t15-/m0/s1. The molecule has 0 unspecified atom stereocenters. The lowest BCUT2D eigenvalue weighted by atomic mass is 9.98. The second kappa shape index (κ2) is 7.70. The molecule has 0 aliphatic carbocycles. The van der Waals surface area contributed by atoms with Crippen LogP contribution in [0.5, 0.6) is 5.75 Å². The number of hydrogen-bond donors (Lipinski definition) is 1. The van der Waals surface area contributed by atoms with E-state index in [-0.39, 0.29) is 24.4 Å². The van der Waals surface area contributed by atoms with E-state index in [4.69, 9.17) is 4.74 Å². The van der Waals surface area contributed by atoms with Crippen LogP contribution in [0.2, 0.25) is 0 Å². The third kappa shape index (κ3) is 3.54. The number of nitrogens with zero attached hydrogens (tertiary/aromatic N) is 1. The maximum atomic E-state index is 12.7. The van der Waals surface area contributed by atoms with Crippen molar-refractivity contribution in [3.8, 4) is 5.75 Å². The van der Waals surface area contributed by atoms with Gasteiger partial charge in [-0.1, -0.05) is 19.1 Å². The van der Waals surface area contributed by atoms with Crippen molar-refractivity contribution in [3.05, 3.63) is 51.7 Å². The van der Waals surface area contributed by atoms with Crippen LogP contribution >= 0.6 is 11.3 Å². The van der Waals surface area contributed by atoms with Gasteiger partial charge in [-0.2, -0.15) is 0 Å². The van der Waals surface area contributed by atoms with E-state index in [0.29, 0.717) is 17.9 Å². The van der Waals surface area contributed by atoms with Gasteiger partial charge in [0.05, 0.1) is 25.3 Å². The number of amides is 2. The fourth-order valence-electron chi connectivity index (χ4n) is 3.32. The molecule has 1 aromatic carbocycles. The third-order valence-corrected chi connectivity index (χ3v) is 5.55. The number of carbonyl (C=O) groups is 2. The number of para-hydroxylation sites is 1. The molecule has 2 amide bonds. The number of fused-ring (bicyclic) bond motifs is 1. The zero-order chi connectivity index (χ0) is 17.8. The van der Waals surface area contributed by atoms with Gasteiger partial charge in [0.15, 0.2) is 0 Å². The first-order valence-electron chi connectivity index (χ1n) is 8.42. The van der Waals surface area contributed by atoms with Crippen molar-refractivity contribution in [1.82, 2.24) is 10.2 Å². The molecule has 2 aromatic rings. The molecule has 25 heavy (non-hydrogen) atoms. The van der Waals surface area contributed by atoms with Gasteiger partial charge >= 0.3 is 0 Å². The van der Waals surface area contributed by atoms with E-state index < -0.39 is 0 Å². The van der Waals surface area contributed by atoms with Crippen LogP contribution in [-0.4, -0.2) is 36.9 Å². The lowest BCUT2D eigenvalue weighted by Crippen LogP contribution is -2.44. The Kier molecular flexibility index (Phi) is 5.38. The van der Waals surface area contributed by atoms with Crippen molar-refractivity contribution < 1.29 is 14.3 Å². The molecule has 0 saturated carbocycles. The fourth-order valence-corrected chi connectivity index (χ4v) is 4.25. The lowest BCUT2D eigenvalue weighted by Gasteiger charge is -2.35. The Morgan fingerprint density at radius 2 is 2.12 bits per heavy atom. The third-order valence-electron chi connectivity index (χ3n) is 4.55. The van der Waals surface area contributed by atoms with Gasteiger partial charge in [-0.05, 0) is 42.0 Å². The normalized spacial score (nSPS) is 16.2. The number of nitrogens with one attached hydrogen (secondary N) is 1. The fraction of sp³-hybridized carbons (Fsp3) is 0.368. The molecule has 5 nitrogen and oxygen atoms in total. The average molecular weight is 358 g/mol. The Morgan fingerprint density at radius 3 is 2.88 bits per heavy atom. The molecule has 132 valence electrons. The van der Waals surface area contributed by atoms with Gasteiger partial charge in [0, 0.05) is 11.4 Å². The molecule has 0 fully saturated rings. The van der Waals surface area contributed by atoms with E-state index in [1.54, 1.807) is 35.6 Å². The topological polar surface area (TPSA) is 58.6 Å². The number of ether oxygens (including phenoxy) is 1. The highest BCUT2D eigenvalue weighted by Crippen LogP contribution is 2.35. The summed E-state index contributed by atoms with van der Waals surface area (Å²) >= 11 is 1.76. The first-order valence-corrected chi connectivity index (χ1v) is 9.30. The van der Waals surface area contributed by atoms with Gasteiger partial charge in [-0.25, -0.2) is 0 Å². The molecule has 1 aliphatic heterocycles. The molecular weight excluding hydrogens is 336 g/mol. The summed E-state index contributed by atoms with van der Waals surface area (Å²) in [4.78, 5) is 28.3. The van der Waals surface area contributed by atoms with Crippen molar-refractivity contribution in [2.75, 3.05) is 20.2 Å². The Hall–Kier alpha value is -2.34. The molecule has 0 radical (unpaired) electrons. The summed E-state index contributed by atoms with van der Waals surface area (Å²) in [5.41, 5.74) is 1.69. The molecule has 1 N–H and O–H groups in total. The summed E-state index contributed by atoms with van der Waals surface area (Å²) in [5.74, 6) is 0.152. The Labute approximate surface area is 151 Å². The zero-order valence-electron chi connectivity index (χ0n) is 14.5. The van der Waals surface area contributed by atoms with Crippen molar-refractivity contribution in [3.63, 3.8) is 0 Å². The van der Waals surface area contributed by atoms with E-state index in [2.05, 4.69) is 23.7 Å². The van der Waals surface area contributed by atoms with Gasteiger partial charge in [0.2, 0.25) is 5.91 Å². The molecule has 0 saturated heterocycles. The summed E-state index contributed by atoms with van der Waals surface area (Å²) in [6.07, 6.45) is 1.76. The van der Waals surface area contributed by atoms with Crippen LogP contribution in [-0.2, 0) is 11.2 Å². The number of thiophene rings is 1. The van der Waals surface area contributed by atoms with Crippen LogP contribution < -0.4 is 10.1 Å². The lowest BCUT2D eigenvalue weighted by molar-refractivity contribution is -0.133. The molecule has 1 aromatic heterocycles. The highest BCUT2D eigenvalue weighted by Gasteiger charge is 2.30. The van der Waals surface area contributed by atoms with Crippen LogP contribution in [0.4, 0.5) is 0 Å². The van der Waals surface area contributed by atoms with E-state index in [1.165, 1.54) is 17.6 Å². The maximum Gasteiger partial charge on any atom is 0.255 e. The second-order valence-electron chi connectivity index (χ2n) is 5.94. The first-order chi connectivity index (χ1) is 12.2. The Morgan fingerprint density at radius 1 is 1.32 bits per heavy atom. The summed E-state index contributed by atoms with van der Waals surface area (Å²) in [6, 6.07) is 9.21. The van der Waals surface area contributed by atoms with Crippen molar-refractivity contribution >= 4 is 23.2 Å². The van der Waals surface area contributed by atoms with Gasteiger partial charge in [-0.15, -0.1) is 11.3 Å². The minimum absolute atomic E-state index is 0.00709. The molecule has 3 rings (SSSR count). The van der Waals surface area contributed by atoms with E-state index >= 15 is 0 Å². The Balaban J connectivity index is 1.66. The number of benzene rings is 1. The summed E-state index contributed by atoms with van der Waals surface area (Å²) < 4.78 is 5.20. The van der Waals surface area contributed by atoms with Crippen LogP contribution in [0, 0.1) is 0 Å². The molecule has 0 bridgehead atoms. The number of methoxy groups -OCH3 is 1. The largest absolute Gasteiger partial charge is 0.496 e. The monoisotopic (exact) mass is 358 g/mol. The SMILES string of the molecule is CC[C@H]1c2ccsc2CCN1C(=O)CNC(=O)c1ccccc1OC. The van der Waals surface area contributed by atoms with E-state index in [9.17, 15) is 9.59 Å². The average Bonchev–Trinajstić information content (AvgIpc) is 3.13. The highest BCUT2D eigenvalue weighted by atomic mass is 32.1. The van der Waals surface area contributed by atoms with Crippen molar-refractivity contribution in [1.29, 1.82) is 0 Å². The maximum absolute atomic E-state index is 12.7. The van der Waals surface area contributed by atoms with Crippen LogP contribution in [0.25, 0.3) is 0 Å². The van der Waals surface area contributed by atoms with E-state index in [1.807, 2.05) is 4.90 Å². The molecule has 6 heteroatoms. The van der Waals surface area contributed by atoms with Gasteiger partial charge < -0.3 is 15.0 Å². The van der Waals surface area contributed by atoms with E-state index in [0.717, 1.165) is 12.8 Å². The van der Waals surface area contributed by atoms with Gasteiger partial charge in [0.25, 0.3) is 5.91 Å². The van der Waals surface area contributed by atoms with Crippen LogP contribution in [0.15, 0.2) is 35.7 Å². The molecule has 2 heterocycles. The number of rotatable bonds is 5. The molecule has 0 spiro atoms. The number of carbonyl (C=O) groups excluding carboxylic acids is 2. The first kappa shape index (κ1) is 17.5. The van der Waals surface area contributed by atoms with Gasteiger partial charge in [0.1, 0.15) is 5.75 Å². The predicted octanol–water partition coefficient (Wildman–Crippen LogP) is 3.02. The molecule has 1 atom stereocenters.